The molecule has 0 saturated carbocycles. The molecule has 1 saturated heterocycles. The van der Waals surface area contributed by atoms with Gasteiger partial charge in [0.05, 0.1) is 6.04 Å². The van der Waals surface area contributed by atoms with E-state index < -0.39 is 10.0 Å². The largest absolute Gasteiger partial charge is 0.355 e. The summed E-state index contributed by atoms with van der Waals surface area (Å²) < 4.78 is 28.7. The Labute approximate surface area is 180 Å². The van der Waals surface area contributed by atoms with E-state index in [9.17, 15) is 13.2 Å². The molecule has 1 fully saturated rings. The predicted molar refractivity (Wildman–Crippen MR) is 117 cm³/mol. The Kier molecular flexibility index (Phi) is 5.06. The topological polar surface area (TPSA) is 78.8 Å². The number of carbonyl (C=O) groups excluding carboxylic acids is 1. The van der Waals surface area contributed by atoms with E-state index in [4.69, 9.17) is 0 Å². The van der Waals surface area contributed by atoms with Gasteiger partial charge in [0.1, 0.15) is 4.90 Å². The van der Waals surface area contributed by atoms with E-state index in [1.54, 1.807) is 18.2 Å². The van der Waals surface area contributed by atoms with Crippen molar-refractivity contribution in [3.8, 4) is 0 Å². The number of amidine groups is 1. The van der Waals surface area contributed by atoms with Crippen LogP contribution in [0.15, 0.2) is 62.7 Å². The van der Waals surface area contributed by atoms with Gasteiger partial charge in [-0.05, 0) is 43.0 Å². The zero-order valence-corrected chi connectivity index (χ0v) is 18.1. The summed E-state index contributed by atoms with van der Waals surface area (Å²) in [5, 5.41) is 3.26. The van der Waals surface area contributed by atoms with Gasteiger partial charge < -0.3 is 10.2 Å². The molecule has 3 heterocycles. The van der Waals surface area contributed by atoms with Crippen molar-refractivity contribution in [3.63, 3.8) is 0 Å². The van der Waals surface area contributed by atoms with Crippen molar-refractivity contribution in [2.45, 2.75) is 35.1 Å². The van der Waals surface area contributed by atoms with Crippen LogP contribution in [0.3, 0.4) is 0 Å². The number of hydrogen-bond donors (Lipinski definition) is 1. The molecule has 0 bridgehead atoms. The number of thioether (sulfide) groups is 1. The number of likely N-dealkylation sites (tertiary alicyclic amines) is 1. The van der Waals surface area contributed by atoms with Gasteiger partial charge in [0.2, 0.25) is 5.91 Å². The van der Waals surface area contributed by atoms with Gasteiger partial charge in [-0.2, -0.15) is 8.42 Å². The molecule has 30 heavy (non-hydrogen) atoms. The zero-order chi connectivity index (χ0) is 20.7. The number of sulfonamides is 1. The van der Waals surface area contributed by atoms with E-state index in [0.717, 1.165) is 12.2 Å². The molecule has 0 aromatic heterocycles. The first-order chi connectivity index (χ1) is 14.5. The third-order valence-corrected chi connectivity index (χ3v) is 8.50. The Bertz CT molecular complexity index is 1120. The fraction of sp³-hybridized carbons (Fsp3) is 0.364. The zero-order valence-electron chi connectivity index (χ0n) is 16.5. The van der Waals surface area contributed by atoms with Crippen LogP contribution in [0.25, 0.3) is 0 Å². The molecule has 0 aliphatic carbocycles. The average Bonchev–Trinajstić information content (AvgIpc) is 3.05. The number of fused-ring (bicyclic) bond motifs is 2. The number of nitrogens with one attached hydrogen (secondary N) is 1. The van der Waals surface area contributed by atoms with Gasteiger partial charge in [0.25, 0.3) is 10.0 Å². The number of amides is 1. The van der Waals surface area contributed by atoms with Crippen LogP contribution in [0.2, 0.25) is 0 Å². The molecule has 0 radical (unpaired) electrons. The number of carbonyl (C=O) groups is 1. The number of benzene rings is 2. The summed E-state index contributed by atoms with van der Waals surface area (Å²) in [6, 6.07) is 15.3. The fourth-order valence-electron chi connectivity index (χ4n) is 4.45. The SMILES string of the molecule is O=C(NC1CCSc2ccccc21)C1CCN(C2=NS(=O)(=O)c3ccccc32)CC1. The number of hydrogen-bond acceptors (Lipinski definition) is 5. The Morgan fingerprint density at radius 3 is 2.60 bits per heavy atom. The van der Waals surface area contributed by atoms with Gasteiger partial charge in [-0.25, -0.2) is 0 Å². The van der Waals surface area contributed by atoms with Gasteiger partial charge in [-0.1, -0.05) is 30.3 Å². The van der Waals surface area contributed by atoms with Crippen molar-refractivity contribution in [3.05, 3.63) is 59.7 Å². The summed E-state index contributed by atoms with van der Waals surface area (Å²) in [5.74, 6) is 1.57. The summed E-state index contributed by atoms with van der Waals surface area (Å²) in [7, 11) is -3.62. The second kappa shape index (κ2) is 7.74. The lowest BCUT2D eigenvalue weighted by Gasteiger charge is -2.34. The first-order valence-electron chi connectivity index (χ1n) is 10.2. The molecule has 1 unspecified atom stereocenters. The average molecular weight is 442 g/mol. The van der Waals surface area contributed by atoms with Crippen LogP contribution in [0.5, 0.6) is 0 Å². The summed E-state index contributed by atoms with van der Waals surface area (Å²) >= 11 is 1.84. The monoisotopic (exact) mass is 441 g/mol. The highest BCUT2D eigenvalue weighted by molar-refractivity contribution is 7.99. The van der Waals surface area contributed by atoms with Crippen LogP contribution in [-0.4, -0.2) is 43.9 Å². The van der Waals surface area contributed by atoms with Crippen molar-refractivity contribution >= 4 is 33.5 Å². The Morgan fingerprint density at radius 1 is 1.03 bits per heavy atom. The highest BCUT2D eigenvalue weighted by Crippen LogP contribution is 2.36. The third kappa shape index (κ3) is 3.52. The molecule has 0 spiro atoms. The van der Waals surface area contributed by atoms with Gasteiger partial charge in [0, 0.05) is 35.2 Å². The van der Waals surface area contributed by atoms with Crippen molar-refractivity contribution in [1.29, 1.82) is 0 Å². The van der Waals surface area contributed by atoms with Gasteiger partial charge >= 0.3 is 0 Å². The molecule has 2 aromatic rings. The standard InChI is InChI=1S/C22H23N3O3S2/c26-22(23-18-11-14-29-19-7-3-1-5-16(18)19)15-9-12-25(13-10-15)21-17-6-2-4-8-20(17)30(27,28)24-21/h1-8,15,18H,9-14H2,(H,23,26). The first kappa shape index (κ1) is 19.6. The third-order valence-electron chi connectivity index (χ3n) is 6.05. The molecule has 1 N–H and O–H groups in total. The van der Waals surface area contributed by atoms with Crippen LogP contribution >= 0.6 is 11.8 Å². The minimum absolute atomic E-state index is 0.0585. The van der Waals surface area contributed by atoms with Crippen molar-refractivity contribution < 1.29 is 13.2 Å². The predicted octanol–water partition coefficient (Wildman–Crippen LogP) is 3.20. The maximum absolute atomic E-state index is 12.9. The molecule has 6 nitrogen and oxygen atoms in total. The summed E-state index contributed by atoms with van der Waals surface area (Å²) in [5.41, 5.74) is 1.87. The lowest BCUT2D eigenvalue weighted by molar-refractivity contribution is -0.127. The molecular formula is C22H23N3O3S2. The van der Waals surface area contributed by atoms with E-state index in [1.165, 1.54) is 10.5 Å². The molecule has 2 aromatic carbocycles. The number of piperidine rings is 1. The Balaban J connectivity index is 1.25. The first-order valence-corrected chi connectivity index (χ1v) is 12.7. The molecule has 1 amide bonds. The van der Waals surface area contributed by atoms with E-state index in [1.807, 2.05) is 34.9 Å². The van der Waals surface area contributed by atoms with E-state index in [0.29, 0.717) is 37.3 Å². The van der Waals surface area contributed by atoms with Crippen LogP contribution in [0, 0.1) is 5.92 Å². The minimum atomic E-state index is -3.62. The minimum Gasteiger partial charge on any atom is -0.355 e. The maximum Gasteiger partial charge on any atom is 0.285 e. The van der Waals surface area contributed by atoms with Gasteiger partial charge in [-0.15, -0.1) is 16.2 Å². The van der Waals surface area contributed by atoms with E-state index in [2.05, 4.69) is 21.8 Å². The van der Waals surface area contributed by atoms with E-state index >= 15 is 0 Å². The second-order valence-electron chi connectivity index (χ2n) is 7.88. The second-order valence-corrected chi connectivity index (χ2v) is 10.6. The maximum atomic E-state index is 12.9. The Hall–Kier alpha value is -2.32. The van der Waals surface area contributed by atoms with Crippen LogP contribution < -0.4 is 5.32 Å². The quantitative estimate of drug-likeness (QED) is 0.774. The molecule has 5 rings (SSSR count). The highest BCUT2D eigenvalue weighted by Gasteiger charge is 2.35. The molecule has 3 aliphatic heterocycles. The molecule has 8 heteroatoms. The van der Waals surface area contributed by atoms with Crippen LogP contribution in [0.4, 0.5) is 0 Å². The summed E-state index contributed by atoms with van der Waals surface area (Å²) in [4.78, 5) is 16.5. The van der Waals surface area contributed by atoms with Gasteiger partial charge in [-0.3, -0.25) is 4.79 Å². The molecular weight excluding hydrogens is 418 g/mol. The molecule has 3 aliphatic rings. The number of nitrogens with zero attached hydrogens (tertiary/aromatic N) is 2. The van der Waals surface area contributed by atoms with Crippen molar-refractivity contribution in [1.82, 2.24) is 10.2 Å². The van der Waals surface area contributed by atoms with Crippen LogP contribution in [0.1, 0.15) is 36.4 Å². The fourth-order valence-corrected chi connectivity index (χ4v) is 6.80. The van der Waals surface area contributed by atoms with E-state index in [-0.39, 0.29) is 22.8 Å². The highest BCUT2D eigenvalue weighted by atomic mass is 32.2. The lowest BCUT2D eigenvalue weighted by Crippen LogP contribution is -2.44. The lowest BCUT2D eigenvalue weighted by atomic mass is 9.94. The van der Waals surface area contributed by atoms with Crippen molar-refractivity contribution in [2.24, 2.45) is 10.3 Å². The Morgan fingerprint density at radius 2 is 1.77 bits per heavy atom. The van der Waals surface area contributed by atoms with Crippen molar-refractivity contribution in [2.75, 3.05) is 18.8 Å². The van der Waals surface area contributed by atoms with Crippen LogP contribution in [-0.2, 0) is 14.8 Å². The molecule has 156 valence electrons. The smallest absolute Gasteiger partial charge is 0.285 e. The van der Waals surface area contributed by atoms with Gasteiger partial charge in [0.15, 0.2) is 5.84 Å². The number of rotatable bonds is 2. The molecule has 1 atom stereocenters. The normalized spacial score (nSPS) is 22.7. The summed E-state index contributed by atoms with van der Waals surface area (Å²) in [6.45, 7) is 1.25. The summed E-state index contributed by atoms with van der Waals surface area (Å²) in [6.07, 6.45) is 2.32.